The van der Waals surface area contributed by atoms with Gasteiger partial charge in [0.05, 0.1) is 17.8 Å². The average molecular weight is 279 g/mol. The second-order valence-electron chi connectivity index (χ2n) is 5.64. The van der Waals surface area contributed by atoms with Crippen molar-refractivity contribution in [2.75, 3.05) is 5.32 Å². The minimum absolute atomic E-state index is 0.251. The van der Waals surface area contributed by atoms with E-state index in [1.807, 2.05) is 18.3 Å². The van der Waals surface area contributed by atoms with Crippen LogP contribution in [0.25, 0.3) is 10.9 Å². The Bertz CT molecular complexity index is 794. The third-order valence-corrected chi connectivity index (χ3v) is 4.23. The molecule has 3 N–H and O–H groups in total. The van der Waals surface area contributed by atoms with E-state index in [9.17, 15) is 5.11 Å². The predicted octanol–water partition coefficient (Wildman–Crippen LogP) is 3.76. The standard InChI is InChI=1S/C17H17N3O/c21-14-7-5-11-2-1-3-16(15(11)9-14)19-13-6-4-12-10-18-20-17(12)8-13/h4-10,16,19,21H,1-3H2,(H,18,20). The van der Waals surface area contributed by atoms with E-state index in [1.54, 1.807) is 6.07 Å². The zero-order valence-corrected chi connectivity index (χ0v) is 11.6. The molecule has 0 saturated carbocycles. The van der Waals surface area contributed by atoms with Crippen molar-refractivity contribution in [1.29, 1.82) is 0 Å². The second-order valence-corrected chi connectivity index (χ2v) is 5.64. The normalized spacial score (nSPS) is 17.6. The topological polar surface area (TPSA) is 60.9 Å². The number of nitrogens with zero attached hydrogens (tertiary/aromatic N) is 1. The number of aromatic nitrogens is 2. The lowest BCUT2D eigenvalue weighted by atomic mass is 9.87. The fourth-order valence-corrected chi connectivity index (χ4v) is 3.16. The first-order chi connectivity index (χ1) is 10.3. The number of hydrogen-bond donors (Lipinski definition) is 3. The second kappa shape index (κ2) is 4.81. The molecule has 4 heteroatoms. The van der Waals surface area contributed by atoms with E-state index in [4.69, 9.17) is 0 Å². The van der Waals surface area contributed by atoms with Gasteiger partial charge in [0.15, 0.2) is 0 Å². The first kappa shape index (κ1) is 12.3. The Morgan fingerprint density at radius 3 is 3.10 bits per heavy atom. The number of aryl methyl sites for hydroxylation is 1. The van der Waals surface area contributed by atoms with Gasteiger partial charge in [-0.05, 0) is 60.7 Å². The molecule has 1 heterocycles. The summed E-state index contributed by atoms with van der Waals surface area (Å²) < 4.78 is 0. The Morgan fingerprint density at radius 2 is 2.14 bits per heavy atom. The summed E-state index contributed by atoms with van der Waals surface area (Å²) in [7, 11) is 0. The number of anilines is 1. The maximum atomic E-state index is 9.74. The van der Waals surface area contributed by atoms with Crippen molar-refractivity contribution in [3.63, 3.8) is 0 Å². The molecule has 1 aliphatic rings. The molecular weight excluding hydrogens is 262 g/mol. The molecule has 4 rings (SSSR count). The molecule has 1 unspecified atom stereocenters. The first-order valence-electron chi connectivity index (χ1n) is 7.31. The lowest BCUT2D eigenvalue weighted by molar-refractivity contribution is 0.471. The predicted molar refractivity (Wildman–Crippen MR) is 83.5 cm³/mol. The molecule has 3 aromatic rings. The minimum Gasteiger partial charge on any atom is -0.508 e. The maximum Gasteiger partial charge on any atom is 0.115 e. The molecule has 0 fully saturated rings. The molecule has 0 radical (unpaired) electrons. The van der Waals surface area contributed by atoms with Crippen molar-refractivity contribution in [2.24, 2.45) is 0 Å². The number of H-pyrrole nitrogens is 1. The highest BCUT2D eigenvalue weighted by Crippen LogP contribution is 2.34. The number of phenols is 1. The molecule has 0 amide bonds. The van der Waals surface area contributed by atoms with Crippen molar-refractivity contribution in [1.82, 2.24) is 10.2 Å². The van der Waals surface area contributed by atoms with Gasteiger partial charge in [0.2, 0.25) is 0 Å². The van der Waals surface area contributed by atoms with Gasteiger partial charge < -0.3 is 10.4 Å². The number of aromatic amines is 1. The van der Waals surface area contributed by atoms with Crippen LogP contribution in [-0.2, 0) is 6.42 Å². The summed E-state index contributed by atoms with van der Waals surface area (Å²) in [5.74, 6) is 0.339. The van der Waals surface area contributed by atoms with Gasteiger partial charge in [-0.1, -0.05) is 6.07 Å². The molecule has 1 atom stereocenters. The smallest absolute Gasteiger partial charge is 0.115 e. The summed E-state index contributed by atoms with van der Waals surface area (Å²) in [5, 5.41) is 21.5. The van der Waals surface area contributed by atoms with E-state index in [1.165, 1.54) is 17.5 Å². The molecule has 4 nitrogen and oxygen atoms in total. The van der Waals surface area contributed by atoms with Crippen LogP contribution < -0.4 is 5.32 Å². The van der Waals surface area contributed by atoms with Gasteiger partial charge in [-0.2, -0.15) is 5.10 Å². The van der Waals surface area contributed by atoms with Crippen molar-refractivity contribution in [3.8, 4) is 5.75 Å². The van der Waals surface area contributed by atoms with E-state index < -0.39 is 0 Å². The highest BCUT2D eigenvalue weighted by molar-refractivity contribution is 5.81. The van der Waals surface area contributed by atoms with Gasteiger partial charge in [0.25, 0.3) is 0 Å². The summed E-state index contributed by atoms with van der Waals surface area (Å²) in [4.78, 5) is 0. The van der Waals surface area contributed by atoms with Gasteiger partial charge in [-0.25, -0.2) is 0 Å². The van der Waals surface area contributed by atoms with Crippen LogP contribution in [0.2, 0.25) is 0 Å². The summed E-state index contributed by atoms with van der Waals surface area (Å²) >= 11 is 0. The SMILES string of the molecule is Oc1ccc2c(c1)C(Nc1ccc3cn[nH]c3c1)CCC2. The summed E-state index contributed by atoms with van der Waals surface area (Å²) in [6.45, 7) is 0. The highest BCUT2D eigenvalue weighted by Gasteiger charge is 2.20. The Labute approximate surface area is 122 Å². The molecule has 106 valence electrons. The first-order valence-corrected chi connectivity index (χ1v) is 7.31. The number of nitrogens with one attached hydrogen (secondary N) is 2. The number of fused-ring (bicyclic) bond motifs is 2. The van der Waals surface area contributed by atoms with Crippen LogP contribution in [0.4, 0.5) is 5.69 Å². The highest BCUT2D eigenvalue weighted by atomic mass is 16.3. The van der Waals surface area contributed by atoms with Crippen LogP contribution in [0.3, 0.4) is 0 Å². The summed E-state index contributed by atoms with van der Waals surface area (Å²) in [5.41, 5.74) is 4.66. The summed E-state index contributed by atoms with van der Waals surface area (Å²) in [6, 6.07) is 12.2. The fraction of sp³-hybridized carbons (Fsp3) is 0.235. The Hall–Kier alpha value is -2.49. The van der Waals surface area contributed by atoms with Gasteiger partial charge >= 0.3 is 0 Å². The Morgan fingerprint density at radius 1 is 1.19 bits per heavy atom. The lowest BCUT2D eigenvalue weighted by Crippen LogP contribution is -2.17. The molecule has 0 aliphatic heterocycles. The molecular formula is C17H17N3O. The molecule has 1 aliphatic carbocycles. The summed E-state index contributed by atoms with van der Waals surface area (Å²) in [6.07, 6.45) is 5.17. The molecule has 21 heavy (non-hydrogen) atoms. The van der Waals surface area contributed by atoms with Gasteiger partial charge in [-0.15, -0.1) is 0 Å². The largest absolute Gasteiger partial charge is 0.508 e. The van der Waals surface area contributed by atoms with Crippen LogP contribution in [-0.4, -0.2) is 15.3 Å². The third kappa shape index (κ3) is 2.23. The number of phenolic OH excluding ortho intramolecular Hbond substituents is 1. The van der Waals surface area contributed by atoms with Crippen LogP contribution >= 0.6 is 0 Å². The average Bonchev–Trinajstić information content (AvgIpc) is 2.95. The van der Waals surface area contributed by atoms with E-state index >= 15 is 0 Å². The van der Waals surface area contributed by atoms with Gasteiger partial charge in [0, 0.05) is 11.1 Å². The number of hydrogen-bond acceptors (Lipinski definition) is 3. The van der Waals surface area contributed by atoms with Crippen molar-refractivity contribution in [2.45, 2.75) is 25.3 Å². The zero-order valence-electron chi connectivity index (χ0n) is 11.6. The van der Waals surface area contributed by atoms with E-state index in [0.29, 0.717) is 5.75 Å². The van der Waals surface area contributed by atoms with E-state index in [-0.39, 0.29) is 6.04 Å². The molecule has 0 saturated heterocycles. The number of aromatic hydroxyl groups is 1. The molecule has 0 spiro atoms. The van der Waals surface area contributed by atoms with Crippen molar-refractivity contribution in [3.05, 3.63) is 53.7 Å². The maximum absolute atomic E-state index is 9.74. The molecule has 1 aromatic heterocycles. The van der Waals surface area contributed by atoms with Crippen molar-refractivity contribution < 1.29 is 5.11 Å². The molecule has 0 bridgehead atoms. The minimum atomic E-state index is 0.251. The van der Waals surface area contributed by atoms with E-state index in [0.717, 1.165) is 29.4 Å². The van der Waals surface area contributed by atoms with Gasteiger partial charge in [-0.3, -0.25) is 5.10 Å². The Balaban J connectivity index is 1.67. The van der Waals surface area contributed by atoms with Crippen LogP contribution in [0, 0.1) is 0 Å². The van der Waals surface area contributed by atoms with Crippen LogP contribution in [0.1, 0.15) is 30.0 Å². The number of benzene rings is 2. The quantitative estimate of drug-likeness (QED) is 0.669. The lowest BCUT2D eigenvalue weighted by Gasteiger charge is -2.27. The fourth-order valence-electron chi connectivity index (χ4n) is 3.16. The van der Waals surface area contributed by atoms with Crippen molar-refractivity contribution >= 4 is 16.6 Å². The molecule has 2 aromatic carbocycles. The zero-order chi connectivity index (χ0) is 14.2. The van der Waals surface area contributed by atoms with E-state index in [2.05, 4.69) is 33.7 Å². The van der Waals surface area contributed by atoms with Crippen LogP contribution in [0.5, 0.6) is 5.75 Å². The number of rotatable bonds is 2. The Kier molecular flexibility index (Phi) is 2.81. The third-order valence-electron chi connectivity index (χ3n) is 4.23. The van der Waals surface area contributed by atoms with Gasteiger partial charge in [0.1, 0.15) is 5.75 Å². The monoisotopic (exact) mass is 279 g/mol. The van der Waals surface area contributed by atoms with Crippen LogP contribution in [0.15, 0.2) is 42.6 Å².